The highest BCUT2D eigenvalue weighted by molar-refractivity contribution is 5.95. The summed E-state index contributed by atoms with van der Waals surface area (Å²) in [6, 6.07) is 6.38. The molecule has 188 valence electrons. The van der Waals surface area contributed by atoms with Gasteiger partial charge in [0.2, 0.25) is 11.8 Å². The molecule has 0 atom stereocenters. The number of rotatable bonds is 4. The quantitative estimate of drug-likeness (QED) is 0.458. The SMILES string of the molecule is CC1CCN(c2nc3c(c(Oc4ccc(F)c(F)c4)n2)CN(C(=O)c2c(F)cccc2F)CC3)CC1. The number of anilines is 1. The summed E-state index contributed by atoms with van der Waals surface area (Å²) >= 11 is 0. The van der Waals surface area contributed by atoms with Gasteiger partial charge in [-0.2, -0.15) is 4.98 Å². The molecular formula is C26H24F4N4O2. The van der Waals surface area contributed by atoms with Crippen LogP contribution in [0.15, 0.2) is 36.4 Å². The number of halogens is 4. The summed E-state index contributed by atoms with van der Waals surface area (Å²) < 4.78 is 61.7. The van der Waals surface area contributed by atoms with Crippen molar-refractivity contribution in [2.45, 2.75) is 32.7 Å². The largest absolute Gasteiger partial charge is 0.438 e. The zero-order chi connectivity index (χ0) is 25.4. The summed E-state index contributed by atoms with van der Waals surface area (Å²) in [5.74, 6) is -3.63. The lowest BCUT2D eigenvalue weighted by Gasteiger charge is -2.33. The molecule has 0 bridgehead atoms. The van der Waals surface area contributed by atoms with Gasteiger partial charge in [0.1, 0.15) is 22.9 Å². The second-order valence-corrected chi connectivity index (χ2v) is 9.17. The van der Waals surface area contributed by atoms with Crippen molar-refractivity contribution in [3.63, 3.8) is 0 Å². The van der Waals surface area contributed by atoms with Crippen LogP contribution in [0.2, 0.25) is 0 Å². The first kappa shape index (κ1) is 24.0. The third-order valence-electron chi connectivity index (χ3n) is 6.65. The predicted octanol–water partition coefficient (Wildman–Crippen LogP) is 5.26. The van der Waals surface area contributed by atoms with Gasteiger partial charge in [-0.25, -0.2) is 22.5 Å². The predicted molar refractivity (Wildman–Crippen MR) is 124 cm³/mol. The Balaban J connectivity index is 1.50. The fourth-order valence-electron chi connectivity index (χ4n) is 4.49. The summed E-state index contributed by atoms with van der Waals surface area (Å²) in [5, 5.41) is 0. The molecule has 0 saturated carbocycles. The van der Waals surface area contributed by atoms with Crippen molar-refractivity contribution in [1.29, 1.82) is 0 Å². The van der Waals surface area contributed by atoms with Gasteiger partial charge in [0.15, 0.2) is 11.6 Å². The van der Waals surface area contributed by atoms with Crippen molar-refractivity contribution in [1.82, 2.24) is 14.9 Å². The van der Waals surface area contributed by atoms with Crippen molar-refractivity contribution >= 4 is 11.9 Å². The Kier molecular flexibility index (Phi) is 6.51. The molecule has 3 aromatic rings. The van der Waals surface area contributed by atoms with Gasteiger partial charge in [-0.3, -0.25) is 4.79 Å². The van der Waals surface area contributed by atoms with Crippen LogP contribution >= 0.6 is 0 Å². The Labute approximate surface area is 205 Å². The number of hydrogen-bond acceptors (Lipinski definition) is 5. The summed E-state index contributed by atoms with van der Waals surface area (Å²) in [5.41, 5.74) is 0.448. The van der Waals surface area contributed by atoms with E-state index in [0.717, 1.165) is 50.2 Å². The molecule has 10 heteroatoms. The first-order chi connectivity index (χ1) is 17.3. The standard InChI is InChI=1S/C26H24F4N4O2/c1-15-7-10-33(11-8-15)26-31-22-9-12-34(25(35)23-19(28)3-2-4-20(23)29)14-17(22)24(32-26)36-16-5-6-18(27)21(30)13-16/h2-6,13,15H,7-12,14H2,1H3. The minimum absolute atomic E-state index is 0.0246. The van der Waals surface area contributed by atoms with E-state index in [9.17, 15) is 22.4 Å². The van der Waals surface area contributed by atoms with E-state index in [1.54, 1.807) is 0 Å². The minimum atomic E-state index is -1.08. The number of aromatic nitrogens is 2. The molecular weight excluding hydrogens is 476 g/mol. The lowest BCUT2D eigenvalue weighted by atomic mass is 9.99. The van der Waals surface area contributed by atoms with Crippen LogP contribution in [0.3, 0.4) is 0 Å². The molecule has 0 aliphatic carbocycles. The van der Waals surface area contributed by atoms with E-state index in [2.05, 4.69) is 11.9 Å². The van der Waals surface area contributed by atoms with Crippen LogP contribution in [0, 0.1) is 29.2 Å². The second kappa shape index (κ2) is 9.75. The molecule has 0 spiro atoms. The van der Waals surface area contributed by atoms with E-state index in [1.165, 1.54) is 17.0 Å². The Bertz CT molecular complexity index is 1290. The summed E-state index contributed by atoms with van der Waals surface area (Å²) in [4.78, 5) is 25.6. The molecule has 1 saturated heterocycles. The maximum Gasteiger partial charge on any atom is 0.260 e. The van der Waals surface area contributed by atoms with E-state index in [4.69, 9.17) is 9.72 Å². The molecule has 1 fully saturated rings. The molecule has 0 N–H and O–H groups in total. The van der Waals surface area contributed by atoms with Crippen LogP contribution in [0.4, 0.5) is 23.5 Å². The summed E-state index contributed by atoms with van der Waals surface area (Å²) in [6.07, 6.45) is 2.28. The number of hydrogen-bond donors (Lipinski definition) is 0. The molecule has 6 nitrogen and oxygen atoms in total. The van der Waals surface area contributed by atoms with E-state index in [0.29, 0.717) is 29.5 Å². The molecule has 36 heavy (non-hydrogen) atoms. The van der Waals surface area contributed by atoms with Gasteiger partial charge in [-0.1, -0.05) is 13.0 Å². The van der Waals surface area contributed by atoms with Gasteiger partial charge < -0.3 is 14.5 Å². The number of piperidine rings is 1. The topological polar surface area (TPSA) is 58.6 Å². The lowest BCUT2D eigenvalue weighted by Crippen LogP contribution is -2.39. The Morgan fingerprint density at radius 1 is 0.944 bits per heavy atom. The maximum atomic E-state index is 14.3. The van der Waals surface area contributed by atoms with Crippen LogP contribution in [0.1, 0.15) is 41.4 Å². The van der Waals surface area contributed by atoms with Crippen molar-refractivity contribution < 1.29 is 27.1 Å². The van der Waals surface area contributed by atoms with Gasteiger partial charge >= 0.3 is 0 Å². The molecule has 2 aromatic carbocycles. The van der Waals surface area contributed by atoms with E-state index in [1.807, 2.05) is 4.90 Å². The van der Waals surface area contributed by atoms with Gasteiger partial charge in [-0.15, -0.1) is 0 Å². The molecule has 0 radical (unpaired) electrons. The van der Waals surface area contributed by atoms with Crippen LogP contribution in [-0.4, -0.2) is 40.4 Å². The number of amides is 1. The molecule has 2 aliphatic heterocycles. The minimum Gasteiger partial charge on any atom is -0.438 e. The zero-order valence-corrected chi connectivity index (χ0v) is 19.6. The molecule has 3 heterocycles. The van der Waals surface area contributed by atoms with E-state index >= 15 is 0 Å². The fourth-order valence-corrected chi connectivity index (χ4v) is 4.49. The number of ether oxygens (including phenoxy) is 1. The number of fused-ring (bicyclic) bond motifs is 1. The van der Waals surface area contributed by atoms with E-state index < -0.39 is 34.7 Å². The molecule has 5 rings (SSSR count). The van der Waals surface area contributed by atoms with E-state index in [-0.39, 0.29) is 24.7 Å². The zero-order valence-electron chi connectivity index (χ0n) is 19.6. The third-order valence-corrected chi connectivity index (χ3v) is 6.65. The van der Waals surface area contributed by atoms with Gasteiger partial charge in [0.05, 0.1) is 17.8 Å². The number of nitrogens with zero attached hydrogens (tertiary/aromatic N) is 4. The van der Waals surface area contributed by atoms with Crippen LogP contribution < -0.4 is 9.64 Å². The highest BCUT2D eigenvalue weighted by atomic mass is 19.2. The van der Waals surface area contributed by atoms with Crippen molar-refractivity contribution in [2.24, 2.45) is 5.92 Å². The first-order valence-electron chi connectivity index (χ1n) is 11.8. The van der Waals surface area contributed by atoms with Gasteiger partial charge in [0, 0.05) is 32.1 Å². The number of benzene rings is 2. The monoisotopic (exact) mass is 500 g/mol. The Morgan fingerprint density at radius 2 is 1.67 bits per heavy atom. The fraction of sp³-hybridized carbons (Fsp3) is 0.346. The first-order valence-corrected chi connectivity index (χ1v) is 11.8. The average Bonchev–Trinajstić information content (AvgIpc) is 2.86. The summed E-state index contributed by atoms with van der Waals surface area (Å²) in [6.45, 7) is 3.85. The number of carbonyl (C=O) groups is 1. The van der Waals surface area contributed by atoms with Crippen LogP contribution in [0.25, 0.3) is 0 Å². The normalized spacial score (nSPS) is 16.1. The highest BCUT2D eigenvalue weighted by Crippen LogP contribution is 2.33. The van der Waals surface area contributed by atoms with Gasteiger partial charge in [-0.05, 0) is 43.0 Å². The van der Waals surface area contributed by atoms with Crippen LogP contribution in [-0.2, 0) is 13.0 Å². The Morgan fingerprint density at radius 3 is 2.36 bits per heavy atom. The van der Waals surface area contributed by atoms with Crippen molar-refractivity contribution in [3.8, 4) is 11.6 Å². The molecule has 1 amide bonds. The van der Waals surface area contributed by atoms with Crippen molar-refractivity contribution in [3.05, 3.63) is 76.5 Å². The average molecular weight is 500 g/mol. The highest BCUT2D eigenvalue weighted by Gasteiger charge is 2.31. The third kappa shape index (κ3) is 4.72. The summed E-state index contributed by atoms with van der Waals surface area (Å²) in [7, 11) is 0. The van der Waals surface area contributed by atoms with Gasteiger partial charge in [0.25, 0.3) is 5.91 Å². The smallest absolute Gasteiger partial charge is 0.260 e. The Hall–Kier alpha value is -3.69. The molecule has 2 aliphatic rings. The number of carbonyl (C=O) groups excluding carboxylic acids is 1. The maximum absolute atomic E-state index is 14.3. The van der Waals surface area contributed by atoms with Crippen molar-refractivity contribution in [2.75, 3.05) is 24.5 Å². The lowest BCUT2D eigenvalue weighted by molar-refractivity contribution is 0.0722. The molecule has 0 unspecified atom stereocenters. The molecule has 1 aromatic heterocycles. The van der Waals surface area contributed by atoms with Crippen LogP contribution in [0.5, 0.6) is 11.6 Å². The second-order valence-electron chi connectivity index (χ2n) is 9.17.